The van der Waals surface area contributed by atoms with Gasteiger partial charge >= 0.3 is 0 Å². The molecule has 0 aromatic heterocycles. The number of benzene rings is 2. The molecular formula is C23H26ClN3O5S. The Hall–Kier alpha value is -2.46. The number of fused-ring (bicyclic) bond motifs is 1. The maximum Gasteiger partial charge on any atom is 0.244 e. The highest BCUT2D eigenvalue weighted by atomic mass is 35.5. The molecule has 0 saturated carbocycles. The number of anilines is 2. The quantitative estimate of drug-likeness (QED) is 0.693. The van der Waals surface area contributed by atoms with Crippen LogP contribution in [0.15, 0.2) is 41.3 Å². The van der Waals surface area contributed by atoms with Crippen LogP contribution in [0.25, 0.3) is 0 Å². The summed E-state index contributed by atoms with van der Waals surface area (Å²) in [6, 6.07) is 9.92. The van der Waals surface area contributed by atoms with Crippen LogP contribution in [-0.2, 0) is 29.8 Å². The Morgan fingerprint density at radius 1 is 1.15 bits per heavy atom. The van der Waals surface area contributed by atoms with Gasteiger partial charge in [-0.3, -0.25) is 9.59 Å². The van der Waals surface area contributed by atoms with Crippen molar-refractivity contribution in [2.75, 3.05) is 43.1 Å². The molecule has 2 heterocycles. The van der Waals surface area contributed by atoms with Crippen molar-refractivity contribution in [3.63, 3.8) is 0 Å². The van der Waals surface area contributed by atoms with E-state index in [0.29, 0.717) is 35.2 Å². The van der Waals surface area contributed by atoms with Crippen molar-refractivity contribution in [1.82, 2.24) is 4.31 Å². The van der Waals surface area contributed by atoms with Crippen LogP contribution < -0.4 is 10.2 Å². The van der Waals surface area contributed by atoms with E-state index in [9.17, 15) is 18.0 Å². The van der Waals surface area contributed by atoms with Crippen molar-refractivity contribution in [3.05, 3.63) is 52.5 Å². The average Bonchev–Trinajstić information content (AvgIpc) is 2.96. The van der Waals surface area contributed by atoms with Crippen LogP contribution in [-0.4, -0.2) is 57.4 Å². The van der Waals surface area contributed by atoms with E-state index in [2.05, 4.69) is 5.32 Å². The minimum Gasteiger partial charge on any atom is -0.379 e. The Labute approximate surface area is 198 Å². The molecule has 1 saturated heterocycles. The van der Waals surface area contributed by atoms with Crippen LogP contribution in [0.3, 0.4) is 0 Å². The zero-order chi connectivity index (χ0) is 24.0. The zero-order valence-corrected chi connectivity index (χ0v) is 20.3. The molecule has 0 aliphatic carbocycles. The number of morpholine rings is 1. The molecule has 2 aliphatic rings. The molecule has 2 amide bonds. The number of carbonyl (C=O) groups excluding carboxylic acids is 2. The van der Waals surface area contributed by atoms with E-state index in [4.69, 9.17) is 16.3 Å². The number of hydrogen-bond donors (Lipinski definition) is 1. The minimum atomic E-state index is -3.71. The van der Waals surface area contributed by atoms with Crippen LogP contribution >= 0.6 is 11.6 Å². The zero-order valence-electron chi connectivity index (χ0n) is 18.7. The number of amides is 2. The highest BCUT2D eigenvalue weighted by Crippen LogP contribution is 2.42. The first-order valence-corrected chi connectivity index (χ1v) is 12.4. The summed E-state index contributed by atoms with van der Waals surface area (Å²) in [4.78, 5) is 27.4. The normalized spacial score (nSPS) is 18.3. The van der Waals surface area contributed by atoms with Gasteiger partial charge < -0.3 is 15.0 Å². The van der Waals surface area contributed by atoms with Gasteiger partial charge in [-0.2, -0.15) is 4.31 Å². The average molecular weight is 492 g/mol. The molecular weight excluding hydrogens is 466 g/mol. The van der Waals surface area contributed by atoms with Gasteiger partial charge in [0.05, 0.1) is 34.2 Å². The van der Waals surface area contributed by atoms with Gasteiger partial charge in [-0.25, -0.2) is 8.42 Å². The van der Waals surface area contributed by atoms with Crippen molar-refractivity contribution in [1.29, 1.82) is 0 Å². The van der Waals surface area contributed by atoms with E-state index in [0.717, 1.165) is 5.56 Å². The van der Waals surface area contributed by atoms with Gasteiger partial charge in [0.2, 0.25) is 21.8 Å². The number of sulfonamides is 1. The second-order valence-corrected chi connectivity index (χ2v) is 11.1. The summed E-state index contributed by atoms with van der Waals surface area (Å²) in [6.07, 6.45) is 0. The number of ether oxygens (including phenoxy) is 1. The van der Waals surface area contributed by atoms with Crippen LogP contribution in [0.4, 0.5) is 11.4 Å². The molecule has 0 atom stereocenters. The largest absolute Gasteiger partial charge is 0.379 e. The van der Waals surface area contributed by atoms with E-state index < -0.39 is 21.3 Å². The number of aryl methyl sites for hydroxylation is 1. The lowest BCUT2D eigenvalue weighted by Gasteiger charge is -2.26. The molecule has 8 nitrogen and oxygen atoms in total. The van der Waals surface area contributed by atoms with E-state index in [1.54, 1.807) is 38.1 Å². The lowest BCUT2D eigenvalue weighted by molar-refractivity contribution is -0.124. The molecule has 0 unspecified atom stereocenters. The summed E-state index contributed by atoms with van der Waals surface area (Å²) in [7, 11) is -3.71. The third-order valence-electron chi connectivity index (χ3n) is 6.02. The van der Waals surface area contributed by atoms with E-state index in [1.807, 2.05) is 13.0 Å². The highest BCUT2D eigenvalue weighted by Gasteiger charge is 2.45. The monoisotopic (exact) mass is 491 g/mol. The molecule has 33 heavy (non-hydrogen) atoms. The van der Waals surface area contributed by atoms with Gasteiger partial charge in [0, 0.05) is 18.8 Å². The Morgan fingerprint density at radius 2 is 1.85 bits per heavy atom. The summed E-state index contributed by atoms with van der Waals surface area (Å²) in [5.41, 5.74) is 1.55. The number of nitrogens with one attached hydrogen (secondary N) is 1. The van der Waals surface area contributed by atoms with Gasteiger partial charge in [-0.1, -0.05) is 17.7 Å². The second kappa shape index (κ2) is 8.72. The topological polar surface area (TPSA) is 96.0 Å². The summed E-state index contributed by atoms with van der Waals surface area (Å²) in [5, 5.41) is 3.15. The molecule has 0 radical (unpaired) electrons. The fraction of sp³-hybridized carbons (Fsp3) is 0.391. The molecule has 10 heteroatoms. The Kier molecular flexibility index (Phi) is 6.26. The van der Waals surface area contributed by atoms with Gasteiger partial charge in [0.1, 0.15) is 6.54 Å². The van der Waals surface area contributed by atoms with Crippen LogP contribution in [0.5, 0.6) is 0 Å². The van der Waals surface area contributed by atoms with Gasteiger partial charge in [0.25, 0.3) is 0 Å². The van der Waals surface area contributed by atoms with Gasteiger partial charge in [0.15, 0.2) is 0 Å². The first kappa shape index (κ1) is 23.7. The fourth-order valence-electron chi connectivity index (χ4n) is 4.12. The predicted molar refractivity (Wildman–Crippen MR) is 126 cm³/mol. The Balaban J connectivity index is 1.60. The summed E-state index contributed by atoms with van der Waals surface area (Å²) < 4.78 is 32.8. The Bertz CT molecular complexity index is 1220. The van der Waals surface area contributed by atoms with Crippen molar-refractivity contribution < 1.29 is 22.7 Å². The molecule has 0 bridgehead atoms. The number of nitrogens with zero attached hydrogens (tertiary/aromatic N) is 2. The third-order valence-corrected chi connectivity index (χ3v) is 8.23. The van der Waals surface area contributed by atoms with Crippen molar-refractivity contribution >= 4 is 44.8 Å². The first-order valence-electron chi connectivity index (χ1n) is 10.6. The second-order valence-electron chi connectivity index (χ2n) is 8.74. The SMILES string of the molecule is Cc1ccc(NC(=O)CN2C(=O)C(C)(C)c3cc(S(=O)(=O)N4CCOCC4)ccc32)c(Cl)c1. The molecule has 176 valence electrons. The van der Waals surface area contributed by atoms with E-state index in [1.165, 1.54) is 15.3 Å². The highest BCUT2D eigenvalue weighted by molar-refractivity contribution is 7.89. The number of halogens is 1. The maximum absolute atomic E-state index is 13.2. The summed E-state index contributed by atoms with van der Waals surface area (Å²) in [6.45, 7) is 6.42. The number of rotatable bonds is 5. The molecule has 2 aliphatic heterocycles. The lowest BCUT2D eigenvalue weighted by Crippen LogP contribution is -2.41. The molecule has 1 N–H and O–H groups in total. The third kappa shape index (κ3) is 4.38. The Morgan fingerprint density at radius 3 is 2.52 bits per heavy atom. The van der Waals surface area contributed by atoms with Crippen molar-refractivity contribution in [3.8, 4) is 0 Å². The van der Waals surface area contributed by atoms with Crippen molar-refractivity contribution in [2.24, 2.45) is 0 Å². The summed E-state index contributed by atoms with van der Waals surface area (Å²) in [5.74, 6) is -0.675. The van der Waals surface area contributed by atoms with Gasteiger partial charge in [-0.15, -0.1) is 0 Å². The molecule has 1 fully saturated rings. The van der Waals surface area contributed by atoms with Crippen molar-refractivity contribution in [2.45, 2.75) is 31.1 Å². The predicted octanol–water partition coefficient (Wildman–Crippen LogP) is 2.93. The summed E-state index contributed by atoms with van der Waals surface area (Å²) >= 11 is 6.21. The number of hydrogen-bond acceptors (Lipinski definition) is 5. The molecule has 4 rings (SSSR count). The maximum atomic E-state index is 13.2. The lowest BCUT2D eigenvalue weighted by atomic mass is 9.86. The van der Waals surface area contributed by atoms with Crippen LogP contribution in [0.1, 0.15) is 25.0 Å². The molecule has 2 aromatic rings. The smallest absolute Gasteiger partial charge is 0.244 e. The van der Waals surface area contributed by atoms with E-state index in [-0.39, 0.29) is 30.4 Å². The van der Waals surface area contributed by atoms with E-state index >= 15 is 0 Å². The minimum absolute atomic E-state index is 0.127. The fourth-order valence-corrected chi connectivity index (χ4v) is 5.84. The van der Waals surface area contributed by atoms with Crippen LogP contribution in [0.2, 0.25) is 5.02 Å². The first-order chi connectivity index (χ1) is 15.5. The standard InChI is InChI=1S/C23H26ClN3O5S/c1-15-4-6-19(18(24)12-15)25-21(28)14-27-20-7-5-16(13-17(20)23(2,3)22(27)29)33(30,31)26-8-10-32-11-9-26/h4-7,12-13H,8-11,14H2,1-3H3,(H,25,28). The molecule has 2 aromatic carbocycles. The van der Waals surface area contributed by atoms with Crippen LogP contribution in [0, 0.1) is 6.92 Å². The number of carbonyl (C=O) groups is 2. The van der Waals surface area contributed by atoms with Gasteiger partial charge in [-0.05, 0) is 62.2 Å². The molecule has 0 spiro atoms.